The third-order valence-corrected chi connectivity index (χ3v) is 3.11. The second-order valence-electron chi connectivity index (χ2n) is 4.37. The first-order valence-electron chi connectivity index (χ1n) is 6.03. The number of carbonyl (C=O) groups is 1. The summed E-state index contributed by atoms with van der Waals surface area (Å²) < 4.78 is 24.0. The molecule has 2 aromatic carbocycles. The van der Waals surface area contributed by atoms with Gasteiger partial charge in [-0.2, -0.15) is 0 Å². The van der Waals surface area contributed by atoms with Gasteiger partial charge < -0.3 is 15.2 Å². The number of nitrogens with two attached hydrogens (primary N) is 1. The first-order valence-corrected chi connectivity index (χ1v) is 6.41. The molecule has 0 aliphatic carbocycles. The van der Waals surface area contributed by atoms with E-state index in [0.717, 1.165) is 11.6 Å². The molecular formula is C15H13ClFNO3. The number of ether oxygens (including phenoxy) is 2. The summed E-state index contributed by atoms with van der Waals surface area (Å²) in [7, 11) is 1.22. The van der Waals surface area contributed by atoms with Gasteiger partial charge >= 0.3 is 5.97 Å². The average Bonchev–Trinajstić information content (AvgIpc) is 2.44. The number of anilines is 1. The molecule has 0 aliphatic rings. The maximum absolute atomic E-state index is 13.9. The normalized spacial score (nSPS) is 10.3. The minimum atomic E-state index is -0.681. The molecule has 0 amide bonds. The fraction of sp³-hybridized carbons (Fsp3) is 0.133. The van der Waals surface area contributed by atoms with Gasteiger partial charge in [0.25, 0.3) is 0 Å². The summed E-state index contributed by atoms with van der Waals surface area (Å²) in [5.41, 5.74) is 6.39. The van der Waals surface area contributed by atoms with E-state index in [4.69, 9.17) is 22.1 Å². The maximum atomic E-state index is 13.9. The fourth-order valence-corrected chi connectivity index (χ4v) is 1.90. The van der Waals surface area contributed by atoms with Crippen molar-refractivity contribution in [1.29, 1.82) is 0 Å². The third-order valence-electron chi connectivity index (χ3n) is 2.88. The van der Waals surface area contributed by atoms with Gasteiger partial charge in [-0.05, 0) is 24.6 Å². The molecule has 0 aliphatic heterocycles. The molecule has 0 saturated heterocycles. The Bertz CT molecular complexity index is 704. The van der Waals surface area contributed by atoms with Crippen molar-refractivity contribution in [3.05, 3.63) is 52.3 Å². The van der Waals surface area contributed by atoms with Crippen molar-refractivity contribution < 1.29 is 18.7 Å². The molecule has 0 unspecified atom stereocenters. The van der Waals surface area contributed by atoms with Gasteiger partial charge in [-0.15, -0.1) is 0 Å². The van der Waals surface area contributed by atoms with Crippen LogP contribution in [0.3, 0.4) is 0 Å². The van der Waals surface area contributed by atoms with Crippen molar-refractivity contribution >= 4 is 23.3 Å². The number of rotatable bonds is 3. The van der Waals surface area contributed by atoms with Crippen molar-refractivity contribution in [3.63, 3.8) is 0 Å². The number of hydrogen-bond acceptors (Lipinski definition) is 4. The van der Waals surface area contributed by atoms with Gasteiger partial charge in [0, 0.05) is 22.8 Å². The molecule has 110 valence electrons. The summed E-state index contributed by atoms with van der Waals surface area (Å²) >= 11 is 5.88. The standard InChI is InChI=1S/C15H13ClFNO3/c1-8-3-4-9(16)5-13(8)21-14-6-10(15(19)20-2)12(18)7-11(14)17/h3-7H,18H2,1-2H3. The zero-order valence-corrected chi connectivity index (χ0v) is 12.2. The summed E-state index contributed by atoms with van der Waals surface area (Å²) in [5.74, 6) is -1.09. The molecule has 0 aromatic heterocycles. The van der Waals surface area contributed by atoms with Crippen LogP contribution in [0.15, 0.2) is 30.3 Å². The predicted octanol–water partition coefficient (Wildman–Crippen LogP) is 3.95. The number of carbonyl (C=O) groups excluding carboxylic acids is 1. The first-order chi connectivity index (χ1) is 9.92. The Labute approximate surface area is 126 Å². The Morgan fingerprint density at radius 3 is 2.62 bits per heavy atom. The molecule has 2 aromatic rings. The Balaban J connectivity index is 2.44. The number of benzene rings is 2. The lowest BCUT2D eigenvalue weighted by Gasteiger charge is -2.12. The molecule has 0 fully saturated rings. The molecule has 21 heavy (non-hydrogen) atoms. The van der Waals surface area contributed by atoms with Crippen molar-refractivity contribution in [2.24, 2.45) is 0 Å². The van der Waals surface area contributed by atoms with Crippen LogP contribution in [-0.4, -0.2) is 13.1 Å². The number of methoxy groups -OCH3 is 1. The molecule has 0 spiro atoms. The van der Waals surface area contributed by atoms with Crippen LogP contribution in [0.2, 0.25) is 5.02 Å². The van der Waals surface area contributed by atoms with Crippen LogP contribution >= 0.6 is 11.6 Å². The quantitative estimate of drug-likeness (QED) is 0.689. The van der Waals surface area contributed by atoms with E-state index >= 15 is 0 Å². The van der Waals surface area contributed by atoms with Crippen LogP contribution < -0.4 is 10.5 Å². The van der Waals surface area contributed by atoms with Crippen molar-refractivity contribution in [1.82, 2.24) is 0 Å². The van der Waals surface area contributed by atoms with E-state index in [1.807, 2.05) is 0 Å². The van der Waals surface area contributed by atoms with Crippen LogP contribution in [0.4, 0.5) is 10.1 Å². The predicted molar refractivity (Wildman–Crippen MR) is 78.4 cm³/mol. The second-order valence-corrected chi connectivity index (χ2v) is 4.81. The number of hydrogen-bond donors (Lipinski definition) is 1. The molecule has 6 heteroatoms. The first kappa shape index (κ1) is 15.1. The van der Waals surface area contributed by atoms with E-state index in [0.29, 0.717) is 10.8 Å². The second kappa shape index (κ2) is 6.01. The molecule has 0 atom stereocenters. The van der Waals surface area contributed by atoms with E-state index in [1.54, 1.807) is 25.1 Å². The van der Waals surface area contributed by atoms with Gasteiger partial charge in [0.05, 0.1) is 12.7 Å². The van der Waals surface area contributed by atoms with Gasteiger partial charge in [-0.1, -0.05) is 17.7 Å². The molecule has 0 saturated carbocycles. The van der Waals surface area contributed by atoms with Gasteiger partial charge in [0.15, 0.2) is 11.6 Å². The summed E-state index contributed by atoms with van der Waals surface area (Å²) in [6.45, 7) is 1.79. The van der Waals surface area contributed by atoms with Crippen molar-refractivity contribution in [2.45, 2.75) is 6.92 Å². The Hall–Kier alpha value is -2.27. The minimum absolute atomic E-state index is 0.0190. The lowest BCUT2D eigenvalue weighted by atomic mass is 10.1. The smallest absolute Gasteiger partial charge is 0.340 e. The Morgan fingerprint density at radius 2 is 1.95 bits per heavy atom. The van der Waals surface area contributed by atoms with E-state index in [9.17, 15) is 9.18 Å². The zero-order valence-electron chi connectivity index (χ0n) is 11.4. The summed E-state index contributed by atoms with van der Waals surface area (Å²) in [5, 5.41) is 0.458. The highest BCUT2D eigenvalue weighted by atomic mass is 35.5. The van der Waals surface area contributed by atoms with Gasteiger partial charge in [0.2, 0.25) is 0 Å². The molecule has 4 nitrogen and oxygen atoms in total. The maximum Gasteiger partial charge on any atom is 0.340 e. The zero-order chi connectivity index (χ0) is 15.6. The minimum Gasteiger partial charge on any atom is -0.465 e. The van der Waals surface area contributed by atoms with Crippen LogP contribution in [0.5, 0.6) is 11.5 Å². The molecule has 0 radical (unpaired) electrons. The Kier molecular flexibility index (Phi) is 4.33. The molecule has 0 heterocycles. The van der Waals surface area contributed by atoms with E-state index in [2.05, 4.69) is 4.74 Å². The van der Waals surface area contributed by atoms with E-state index in [1.165, 1.54) is 13.2 Å². The highest BCUT2D eigenvalue weighted by Gasteiger charge is 2.16. The average molecular weight is 310 g/mol. The Morgan fingerprint density at radius 1 is 1.24 bits per heavy atom. The topological polar surface area (TPSA) is 61.5 Å². The van der Waals surface area contributed by atoms with Crippen LogP contribution in [0.25, 0.3) is 0 Å². The van der Waals surface area contributed by atoms with Gasteiger partial charge in [0.1, 0.15) is 5.75 Å². The summed E-state index contributed by atoms with van der Waals surface area (Å²) in [6.07, 6.45) is 0. The lowest BCUT2D eigenvalue weighted by Crippen LogP contribution is -2.07. The van der Waals surface area contributed by atoms with Crippen molar-refractivity contribution in [2.75, 3.05) is 12.8 Å². The molecular weight excluding hydrogens is 297 g/mol. The lowest BCUT2D eigenvalue weighted by molar-refractivity contribution is 0.0601. The largest absolute Gasteiger partial charge is 0.465 e. The highest BCUT2D eigenvalue weighted by Crippen LogP contribution is 2.32. The monoisotopic (exact) mass is 309 g/mol. The number of esters is 1. The number of nitrogen functional groups attached to an aromatic ring is 1. The van der Waals surface area contributed by atoms with Gasteiger partial charge in [-0.3, -0.25) is 0 Å². The van der Waals surface area contributed by atoms with E-state index < -0.39 is 11.8 Å². The third kappa shape index (κ3) is 3.25. The molecule has 0 bridgehead atoms. The summed E-state index contributed by atoms with van der Waals surface area (Å²) in [6, 6.07) is 7.22. The van der Waals surface area contributed by atoms with Crippen molar-refractivity contribution in [3.8, 4) is 11.5 Å². The fourth-order valence-electron chi connectivity index (χ4n) is 1.74. The SMILES string of the molecule is COC(=O)c1cc(Oc2cc(Cl)ccc2C)c(F)cc1N. The van der Waals surface area contributed by atoms with Gasteiger partial charge in [-0.25, -0.2) is 9.18 Å². The van der Waals surface area contributed by atoms with Crippen LogP contribution in [0.1, 0.15) is 15.9 Å². The number of aryl methyl sites for hydroxylation is 1. The summed E-state index contributed by atoms with van der Waals surface area (Å²) in [4.78, 5) is 11.6. The van der Waals surface area contributed by atoms with Crippen LogP contribution in [-0.2, 0) is 4.74 Å². The van der Waals surface area contributed by atoms with E-state index in [-0.39, 0.29) is 17.0 Å². The molecule has 2 N–H and O–H groups in total. The van der Waals surface area contributed by atoms with Crippen LogP contribution in [0, 0.1) is 12.7 Å². The molecule has 2 rings (SSSR count). The highest BCUT2D eigenvalue weighted by molar-refractivity contribution is 6.30. The number of halogens is 2.